The molecule has 1 amide bonds. The molecule has 5 nitrogen and oxygen atoms in total. The number of hydrogen-bond acceptors (Lipinski definition) is 2. The molecule has 0 aromatic heterocycles. The molecule has 1 aliphatic rings. The van der Waals surface area contributed by atoms with Crippen LogP contribution in [0.25, 0.3) is 0 Å². The van der Waals surface area contributed by atoms with E-state index >= 15 is 0 Å². The van der Waals surface area contributed by atoms with Gasteiger partial charge in [-0.3, -0.25) is 9.79 Å². The van der Waals surface area contributed by atoms with Crippen molar-refractivity contribution in [3.05, 3.63) is 35.9 Å². The van der Waals surface area contributed by atoms with Crippen molar-refractivity contribution in [3.8, 4) is 0 Å². The molecule has 2 rings (SSSR count). The SMILES string of the molecule is CCC(CC)C(=O)N1CCC(NC(=NC)NCC(CC)(CC)c2ccccc2)CC1. The Morgan fingerprint density at radius 1 is 1.10 bits per heavy atom. The van der Waals surface area contributed by atoms with Gasteiger partial charge in [0.15, 0.2) is 5.96 Å². The second-order valence-corrected chi connectivity index (χ2v) is 8.54. The Morgan fingerprint density at radius 2 is 1.70 bits per heavy atom. The highest BCUT2D eigenvalue weighted by atomic mass is 16.2. The van der Waals surface area contributed by atoms with Crippen LogP contribution in [-0.2, 0) is 10.2 Å². The predicted octanol–water partition coefficient (Wildman–Crippen LogP) is 4.34. The average molecular weight is 415 g/mol. The van der Waals surface area contributed by atoms with Gasteiger partial charge in [0.25, 0.3) is 0 Å². The van der Waals surface area contributed by atoms with Crippen LogP contribution >= 0.6 is 0 Å². The molecule has 168 valence electrons. The lowest BCUT2D eigenvalue weighted by molar-refractivity contribution is -0.136. The Labute approximate surface area is 183 Å². The van der Waals surface area contributed by atoms with Gasteiger partial charge in [-0.15, -0.1) is 0 Å². The molecular formula is C25H42N4O. The number of nitrogens with zero attached hydrogens (tertiary/aromatic N) is 2. The number of amides is 1. The van der Waals surface area contributed by atoms with Crippen molar-refractivity contribution in [3.63, 3.8) is 0 Å². The number of carbonyl (C=O) groups excluding carboxylic acids is 1. The second kappa shape index (κ2) is 12.0. The van der Waals surface area contributed by atoms with E-state index in [9.17, 15) is 4.79 Å². The smallest absolute Gasteiger partial charge is 0.225 e. The zero-order valence-electron chi connectivity index (χ0n) is 19.7. The number of benzene rings is 1. The summed E-state index contributed by atoms with van der Waals surface area (Å²) in [4.78, 5) is 19.2. The lowest BCUT2D eigenvalue weighted by atomic mass is 9.76. The predicted molar refractivity (Wildman–Crippen MR) is 127 cm³/mol. The maximum Gasteiger partial charge on any atom is 0.225 e. The van der Waals surface area contributed by atoms with Gasteiger partial charge in [0, 0.05) is 44.1 Å². The van der Waals surface area contributed by atoms with Gasteiger partial charge in [-0.25, -0.2) is 0 Å². The molecule has 1 saturated heterocycles. The van der Waals surface area contributed by atoms with Gasteiger partial charge in [-0.05, 0) is 44.1 Å². The third-order valence-electron chi connectivity index (χ3n) is 7.04. The fourth-order valence-electron chi connectivity index (χ4n) is 4.58. The highest BCUT2D eigenvalue weighted by Gasteiger charge is 2.30. The van der Waals surface area contributed by atoms with Gasteiger partial charge in [-0.1, -0.05) is 58.0 Å². The second-order valence-electron chi connectivity index (χ2n) is 8.54. The van der Waals surface area contributed by atoms with Crippen LogP contribution in [0.4, 0.5) is 0 Å². The zero-order valence-corrected chi connectivity index (χ0v) is 19.7. The van der Waals surface area contributed by atoms with E-state index < -0.39 is 0 Å². The number of likely N-dealkylation sites (tertiary alicyclic amines) is 1. The maximum atomic E-state index is 12.6. The molecule has 1 aromatic rings. The summed E-state index contributed by atoms with van der Waals surface area (Å²) in [5.41, 5.74) is 1.48. The van der Waals surface area contributed by atoms with E-state index in [1.807, 2.05) is 7.05 Å². The van der Waals surface area contributed by atoms with E-state index in [2.05, 4.69) is 78.6 Å². The van der Waals surface area contributed by atoms with Gasteiger partial charge in [0.05, 0.1) is 0 Å². The van der Waals surface area contributed by atoms with E-state index in [4.69, 9.17) is 0 Å². The van der Waals surface area contributed by atoms with Crippen molar-refractivity contribution in [2.75, 3.05) is 26.7 Å². The van der Waals surface area contributed by atoms with Gasteiger partial charge in [-0.2, -0.15) is 0 Å². The van der Waals surface area contributed by atoms with Gasteiger partial charge in [0.2, 0.25) is 5.91 Å². The Balaban J connectivity index is 1.90. The molecule has 0 aliphatic carbocycles. The van der Waals surface area contributed by atoms with Gasteiger partial charge < -0.3 is 15.5 Å². The van der Waals surface area contributed by atoms with E-state index in [-0.39, 0.29) is 11.3 Å². The number of rotatable bonds is 9. The van der Waals surface area contributed by atoms with Crippen molar-refractivity contribution in [2.45, 2.75) is 77.7 Å². The van der Waals surface area contributed by atoms with Crippen LogP contribution < -0.4 is 10.6 Å². The third kappa shape index (κ3) is 5.99. The number of carbonyl (C=O) groups is 1. The van der Waals surface area contributed by atoms with Gasteiger partial charge in [0.1, 0.15) is 0 Å². The summed E-state index contributed by atoms with van der Waals surface area (Å²) in [5.74, 6) is 1.37. The Kier molecular flexibility index (Phi) is 9.67. The maximum absolute atomic E-state index is 12.6. The fraction of sp³-hybridized carbons (Fsp3) is 0.680. The zero-order chi connectivity index (χ0) is 22.0. The standard InChI is InChI=1S/C25H42N4O/c1-6-20(7-2)23(30)29-17-15-22(16-18-29)28-24(26-5)27-19-25(8-3,9-4)21-13-11-10-12-14-21/h10-14,20,22H,6-9,15-19H2,1-5H3,(H2,26,27,28). The molecule has 0 radical (unpaired) electrons. The summed E-state index contributed by atoms with van der Waals surface area (Å²) in [5, 5.41) is 7.18. The first-order valence-electron chi connectivity index (χ1n) is 11.8. The summed E-state index contributed by atoms with van der Waals surface area (Å²) in [6, 6.07) is 11.2. The number of piperidine rings is 1. The van der Waals surface area contributed by atoms with E-state index in [1.165, 1.54) is 5.56 Å². The number of aliphatic imine (C=N–C) groups is 1. The molecule has 30 heavy (non-hydrogen) atoms. The quantitative estimate of drug-likeness (QED) is 0.467. The Morgan fingerprint density at radius 3 is 2.20 bits per heavy atom. The van der Waals surface area contributed by atoms with Crippen LogP contribution in [0.3, 0.4) is 0 Å². The molecule has 0 unspecified atom stereocenters. The Hall–Kier alpha value is -2.04. The fourth-order valence-corrected chi connectivity index (χ4v) is 4.58. The minimum Gasteiger partial charge on any atom is -0.356 e. The largest absolute Gasteiger partial charge is 0.356 e. The molecule has 1 heterocycles. The Bertz CT molecular complexity index is 657. The molecule has 2 N–H and O–H groups in total. The van der Waals surface area contributed by atoms with E-state index in [0.29, 0.717) is 11.9 Å². The summed E-state index contributed by atoms with van der Waals surface area (Å²) in [7, 11) is 1.84. The minimum absolute atomic E-state index is 0.101. The average Bonchev–Trinajstić information content (AvgIpc) is 2.81. The van der Waals surface area contributed by atoms with Crippen LogP contribution in [0.5, 0.6) is 0 Å². The first kappa shape index (κ1) is 24.2. The number of hydrogen-bond donors (Lipinski definition) is 2. The summed E-state index contributed by atoms with van der Waals surface area (Å²) in [6.45, 7) is 11.3. The molecule has 0 atom stereocenters. The van der Waals surface area contributed by atoms with Gasteiger partial charge >= 0.3 is 0 Å². The molecule has 5 heteroatoms. The van der Waals surface area contributed by atoms with Crippen LogP contribution in [0.1, 0.15) is 71.8 Å². The molecular weight excluding hydrogens is 372 g/mol. The number of nitrogens with one attached hydrogen (secondary N) is 2. The van der Waals surface area contributed by atoms with Crippen molar-refractivity contribution in [1.29, 1.82) is 0 Å². The minimum atomic E-state index is 0.101. The van der Waals surface area contributed by atoms with Crippen molar-refractivity contribution >= 4 is 11.9 Å². The highest BCUT2D eigenvalue weighted by Crippen LogP contribution is 2.30. The van der Waals surface area contributed by atoms with Crippen LogP contribution in [-0.4, -0.2) is 49.5 Å². The number of guanidine groups is 1. The van der Waals surface area contributed by atoms with Crippen LogP contribution in [0, 0.1) is 5.92 Å². The normalized spacial score (nSPS) is 16.1. The monoisotopic (exact) mass is 414 g/mol. The lowest BCUT2D eigenvalue weighted by Gasteiger charge is -2.36. The summed E-state index contributed by atoms with van der Waals surface area (Å²) >= 11 is 0. The van der Waals surface area contributed by atoms with Crippen molar-refractivity contribution < 1.29 is 4.79 Å². The van der Waals surface area contributed by atoms with Crippen molar-refractivity contribution in [1.82, 2.24) is 15.5 Å². The molecule has 0 saturated carbocycles. The molecule has 1 fully saturated rings. The van der Waals surface area contributed by atoms with Crippen LogP contribution in [0.15, 0.2) is 35.3 Å². The van der Waals surface area contributed by atoms with E-state index in [0.717, 1.165) is 64.1 Å². The molecule has 1 aliphatic heterocycles. The van der Waals surface area contributed by atoms with Crippen molar-refractivity contribution in [2.24, 2.45) is 10.9 Å². The van der Waals surface area contributed by atoms with E-state index in [1.54, 1.807) is 0 Å². The topological polar surface area (TPSA) is 56.7 Å². The summed E-state index contributed by atoms with van der Waals surface area (Å²) in [6.07, 6.45) is 5.96. The van der Waals surface area contributed by atoms with Crippen LogP contribution in [0.2, 0.25) is 0 Å². The molecule has 0 bridgehead atoms. The highest BCUT2D eigenvalue weighted by molar-refractivity contribution is 5.80. The first-order chi connectivity index (χ1) is 14.5. The third-order valence-corrected chi connectivity index (χ3v) is 7.04. The molecule has 0 spiro atoms. The summed E-state index contributed by atoms with van der Waals surface area (Å²) < 4.78 is 0. The first-order valence-corrected chi connectivity index (χ1v) is 11.8. The lowest BCUT2D eigenvalue weighted by Crippen LogP contribution is -2.52. The molecule has 1 aromatic carbocycles.